The minimum Gasteiger partial charge on any atom is -0.497 e. The Labute approximate surface area is 174 Å². The highest BCUT2D eigenvalue weighted by molar-refractivity contribution is 5.97. The number of rotatable bonds is 4. The summed E-state index contributed by atoms with van der Waals surface area (Å²) in [5.41, 5.74) is 2.67. The summed E-state index contributed by atoms with van der Waals surface area (Å²) >= 11 is 0. The molecule has 30 heavy (non-hydrogen) atoms. The Kier molecular flexibility index (Phi) is 5.48. The van der Waals surface area contributed by atoms with E-state index < -0.39 is 11.9 Å². The lowest BCUT2D eigenvalue weighted by molar-refractivity contribution is -0.135. The fraction of sp³-hybridized carbons (Fsp3) is 0.167. The van der Waals surface area contributed by atoms with Gasteiger partial charge in [-0.25, -0.2) is 4.39 Å². The average molecular weight is 404 g/mol. The molecular formula is C24H21FN2O3. The van der Waals surface area contributed by atoms with Gasteiger partial charge in [0, 0.05) is 11.3 Å². The number of fused-ring (bicyclic) bond motifs is 1. The van der Waals surface area contributed by atoms with Gasteiger partial charge in [-0.3, -0.25) is 9.59 Å². The third kappa shape index (κ3) is 4.03. The van der Waals surface area contributed by atoms with Crippen LogP contribution in [0.25, 0.3) is 0 Å². The van der Waals surface area contributed by atoms with E-state index in [4.69, 9.17) is 4.74 Å². The van der Waals surface area contributed by atoms with Gasteiger partial charge in [0.1, 0.15) is 18.1 Å². The molecule has 0 aliphatic carbocycles. The first-order chi connectivity index (χ1) is 14.5. The summed E-state index contributed by atoms with van der Waals surface area (Å²) in [4.78, 5) is 27.4. The molecule has 1 aliphatic heterocycles. The van der Waals surface area contributed by atoms with Crippen molar-refractivity contribution in [1.29, 1.82) is 0 Å². The lowest BCUT2D eigenvalue weighted by Gasteiger charge is -2.30. The lowest BCUT2D eigenvalue weighted by atomic mass is 9.95. The van der Waals surface area contributed by atoms with E-state index in [2.05, 4.69) is 5.32 Å². The Morgan fingerprint density at radius 1 is 1.10 bits per heavy atom. The van der Waals surface area contributed by atoms with Crippen molar-refractivity contribution in [3.8, 4) is 5.75 Å². The number of nitrogens with one attached hydrogen (secondary N) is 1. The predicted molar refractivity (Wildman–Crippen MR) is 112 cm³/mol. The van der Waals surface area contributed by atoms with Gasteiger partial charge in [0.05, 0.1) is 19.6 Å². The molecule has 3 aromatic rings. The van der Waals surface area contributed by atoms with Crippen LogP contribution in [-0.4, -0.2) is 30.4 Å². The Morgan fingerprint density at radius 2 is 1.83 bits per heavy atom. The van der Waals surface area contributed by atoms with Crippen molar-refractivity contribution in [2.45, 2.75) is 12.5 Å². The molecule has 1 atom stereocenters. The summed E-state index contributed by atoms with van der Waals surface area (Å²) in [6.45, 7) is -0.120. The fourth-order valence-electron chi connectivity index (χ4n) is 3.72. The number of benzene rings is 3. The van der Waals surface area contributed by atoms with Gasteiger partial charge in [-0.1, -0.05) is 42.5 Å². The number of halogens is 1. The summed E-state index contributed by atoms with van der Waals surface area (Å²) in [7, 11) is 1.58. The van der Waals surface area contributed by atoms with Crippen molar-refractivity contribution < 1.29 is 18.7 Å². The molecule has 5 nitrogen and oxygen atoms in total. The maximum Gasteiger partial charge on any atom is 0.244 e. The van der Waals surface area contributed by atoms with E-state index >= 15 is 0 Å². The van der Waals surface area contributed by atoms with Crippen molar-refractivity contribution in [1.82, 2.24) is 4.90 Å². The first kappa shape index (κ1) is 19.6. The van der Waals surface area contributed by atoms with Crippen molar-refractivity contribution >= 4 is 17.5 Å². The number of hydrogen-bond acceptors (Lipinski definition) is 3. The Balaban J connectivity index is 1.75. The second kappa shape index (κ2) is 8.37. The number of hydrogen-bond donors (Lipinski definition) is 1. The molecule has 0 aromatic heterocycles. The molecule has 1 heterocycles. The molecule has 0 radical (unpaired) electrons. The number of ether oxygens (including phenoxy) is 1. The molecule has 152 valence electrons. The number of amides is 2. The molecule has 3 aromatic carbocycles. The number of carbonyl (C=O) groups excluding carboxylic acids is 2. The van der Waals surface area contributed by atoms with Crippen LogP contribution in [0.2, 0.25) is 0 Å². The summed E-state index contributed by atoms with van der Waals surface area (Å²) in [5.74, 6) is -0.258. The predicted octanol–water partition coefficient (Wildman–Crippen LogP) is 3.95. The first-order valence-electron chi connectivity index (χ1n) is 9.62. The van der Waals surface area contributed by atoms with Crippen molar-refractivity contribution in [3.05, 3.63) is 95.3 Å². The number of carbonyl (C=O) groups is 2. The van der Waals surface area contributed by atoms with Crippen LogP contribution in [-0.2, 0) is 16.0 Å². The normalized spacial score (nSPS) is 15.7. The molecule has 0 saturated heterocycles. The molecule has 2 amide bonds. The van der Waals surface area contributed by atoms with E-state index in [0.717, 1.165) is 11.1 Å². The molecule has 0 saturated carbocycles. The van der Waals surface area contributed by atoms with Crippen LogP contribution in [0.15, 0.2) is 72.8 Å². The number of nitrogens with zero attached hydrogens (tertiary/aromatic N) is 1. The van der Waals surface area contributed by atoms with E-state index in [-0.39, 0.29) is 24.8 Å². The molecule has 1 unspecified atom stereocenters. The van der Waals surface area contributed by atoms with Gasteiger partial charge in [0.15, 0.2) is 0 Å². The molecular weight excluding hydrogens is 383 g/mol. The zero-order valence-electron chi connectivity index (χ0n) is 16.5. The molecule has 0 bridgehead atoms. The van der Waals surface area contributed by atoms with Gasteiger partial charge < -0.3 is 15.0 Å². The van der Waals surface area contributed by atoms with Gasteiger partial charge in [-0.2, -0.15) is 0 Å². The van der Waals surface area contributed by atoms with Crippen LogP contribution in [0.1, 0.15) is 22.7 Å². The van der Waals surface area contributed by atoms with E-state index in [0.29, 0.717) is 17.0 Å². The Hall–Kier alpha value is -3.67. The monoisotopic (exact) mass is 404 g/mol. The minimum absolute atomic E-state index is 0.116. The third-order valence-electron chi connectivity index (χ3n) is 5.16. The van der Waals surface area contributed by atoms with Crippen LogP contribution in [0.5, 0.6) is 5.75 Å². The van der Waals surface area contributed by atoms with E-state index in [1.165, 1.54) is 23.1 Å². The largest absolute Gasteiger partial charge is 0.497 e. The average Bonchev–Trinajstić information content (AvgIpc) is 2.90. The second-order valence-electron chi connectivity index (χ2n) is 7.14. The third-order valence-corrected chi connectivity index (χ3v) is 5.16. The summed E-state index contributed by atoms with van der Waals surface area (Å²) in [6.07, 6.45) is 0.116. The van der Waals surface area contributed by atoms with Gasteiger partial charge in [-0.05, 0) is 41.5 Å². The summed E-state index contributed by atoms with van der Waals surface area (Å²) < 4.78 is 19.3. The fourth-order valence-corrected chi connectivity index (χ4v) is 3.72. The SMILES string of the molecule is COc1ccc(CC(=O)N2CC(=O)Nc3ccc(F)cc3C2c2ccccc2)cc1. The first-order valence-corrected chi connectivity index (χ1v) is 9.62. The highest BCUT2D eigenvalue weighted by Crippen LogP contribution is 2.36. The molecule has 0 spiro atoms. The van der Waals surface area contributed by atoms with E-state index in [9.17, 15) is 14.0 Å². The maximum absolute atomic E-state index is 14.1. The minimum atomic E-state index is -0.582. The quantitative estimate of drug-likeness (QED) is 0.716. The van der Waals surface area contributed by atoms with Crippen LogP contribution in [0.4, 0.5) is 10.1 Å². The van der Waals surface area contributed by atoms with Crippen LogP contribution < -0.4 is 10.1 Å². The molecule has 1 aliphatic rings. The topological polar surface area (TPSA) is 58.6 Å². The Morgan fingerprint density at radius 3 is 2.53 bits per heavy atom. The molecule has 4 rings (SSSR count). The van der Waals surface area contributed by atoms with Crippen LogP contribution >= 0.6 is 0 Å². The number of methoxy groups -OCH3 is 1. The lowest BCUT2D eigenvalue weighted by Crippen LogP contribution is -2.39. The molecule has 0 fully saturated rings. The summed E-state index contributed by atoms with van der Waals surface area (Å²) in [6, 6.07) is 20.2. The van der Waals surface area contributed by atoms with Gasteiger partial charge in [0.2, 0.25) is 11.8 Å². The van der Waals surface area contributed by atoms with Gasteiger partial charge >= 0.3 is 0 Å². The highest BCUT2D eigenvalue weighted by atomic mass is 19.1. The van der Waals surface area contributed by atoms with Crippen LogP contribution in [0, 0.1) is 5.82 Å². The summed E-state index contributed by atoms with van der Waals surface area (Å²) in [5, 5.41) is 2.80. The van der Waals surface area contributed by atoms with Crippen molar-refractivity contribution in [2.24, 2.45) is 0 Å². The van der Waals surface area contributed by atoms with E-state index in [1.807, 2.05) is 42.5 Å². The molecule has 1 N–H and O–H groups in total. The van der Waals surface area contributed by atoms with Crippen LogP contribution in [0.3, 0.4) is 0 Å². The number of anilines is 1. The van der Waals surface area contributed by atoms with Crippen molar-refractivity contribution in [2.75, 3.05) is 19.0 Å². The second-order valence-corrected chi connectivity index (χ2v) is 7.14. The smallest absolute Gasteiger partial charge is 0.244 e. The van der Waals surface area contributed by atoms with E-state index in [1.54, 1.807) is 19.2 Å². The maximum atomic E-state index is 14.1. The standard InChI is InChI=1S/C24H21FN2O3/c1-30-19-10-7-16(8-11-19)13-23(29)27-15-22(28)26-21-12-9-18(25)14-20(21)24(27)17-5-3-2-4-6-17/h2-12,14,24H,13,15H2,1H3,(H,26,28). The van der Waals surface area contributed by atoms with Gasteiger partial charge in [0.25, 0.3) is 0 Å². The van der Waals surface area contributed by atoms with Gasteiger partial charge in [-0.15, -0.1) is 0 Å². The highest BCUT2D eigenvalue weighted by Gasteiger charge is 2.33. The Bertz CT molecular complexity index is 1070. The zero-order chi connectivity index (χ0) is 21.1. The zero-order valence-corrected chi connectivity index (χ0v) is 16.5. The van der Waals surface area contributed by atoms with Crippen molar-refractivity contribution in [3.63, 3.8) is 0 Å². The molecule has 6 heteroatoms.